The Kier molecular flexibility index (Phi) is 2.41. The number of hydrogen-bond acceptors (Lipinski definition) is 2. The molecule has 0 saturated carbocycles. The summed E-state index contributed by atoms with van der Waals surface area (Å²) in [6.45, 7) is 1.54. The van der Waals surface area contributed by atoms with Crippen LogP contribution in [0.1, 0.15) is 0 Å². The van der Waals surface area contributed by atoms with Gasteiger partial charge in [-0.05, 0) is 12.1 Å². The number of nitrogens with zero attached hydrogens (tertiary/aromatic N) is 1. The predicted octanol–water partition coefficient (Wildman–Crippen LogP) is 1.56. The summed E-state index contributed by atoms with van der Waals surface area (Å²) < 4.78 is 0. The average Bonchev–Trinajstić information content (AvgIpc) is 2.61. The Labute approximate surface area is 83.5 Å². The Morgan fingerprint density at radius 2 is 2.14 bits per heavy atom. The molecule has 14 heavy (non-hydrogen) atoms. The first-order valence-electron chi connectivity index (χ1n) is 4.80. The van der Waals surface area contributed by atoms with Crippen LogP contribution in [0.5, 0.6) is 0 Å². The monoisotopic (exact) mass is 189 g/mol. The van der Waals surface area contributed by atoms with E-state index in [0.717, 1.165) is 12.4 Å². The highest BCUT2D eigenvalue weighted by atomic mass is 15.2. The number of para-hydroxylation sites is 1. The molecule has 0 amide bonds. The van der Waals surface area contributed by atoms with E-state index >= 15 is 0 Å². The minimum Gasteiger partial charge on any atom is -0.360 e. The van der Waals surface area contributed by atoms with Crippen molar-refractivity contribution in [3.63, 3.8) is 0 Å². The lowest BCUT2D eigenvalue weighted by Crippen LogP contribution is -2.25. The van der Waals surface area contributed by atoms with Gasteiger partial charge in [-0.2, -0.15) is 0 Å². The van der Waals surface area contributed by atoms with Gasteiger partial charge in [0.1, 0.15) is 5.82 Å². The maximum absolute atomic E-state index is 5.51. The molecule has 74 valence electrons. The minimum absolute atomic E-state index is 0.672. The van der Waals surface area contributed by atoms with Crippen LogP contribution in [-0.2, 0) is 0 Å². The number of nitrogens with two attached hydrogens (primary N) is 1. The molecule has 2 rings (SSSR count). The fourth-order valence-corrected chi connectivity index (χ4v) is 1.58. The standard InChI is InChI=1S/C11H15N3/c1-14(7-6-12)11-8-9-4-2-3-5-10(9)13-11/h2-5,8,13H,6-7,12H2,1H3. The van der Waals surface area contributed by atoms with Crippen LogP contribution in [0.4, 0.5) is 5.82 Å². The Morgan fingerprint density at radius 1 is 1.36 bits per heavy atom. The lowest BCUT2D eigenvalue weighted by Gasteiger charge is -2.15. The molecule has 0 aliphatic heterocycles. The van der Waals surface area contributed by atoms with Crippen molar-refractivity contribution in [1.82, 2.24) is 4.98 Å². The zero-order chi connectivity index (χ0) is 9.97. The SMILES string of the molecule is CN(CCN)c1cc2ccccc2[nH]1. The molecule has 3 N–H and O–H groups in total. The minimum atomic E-state index is 0.672. The Balaban J connectivity index is 2.35. The van der Waals surface area contributed by atoms with Gasteiger partial charge in [0.25, 0.3) is 0 Å². The highest BCUT2D eigenvalue weighted by Crippen LogP contribution is 2.20. The molecule has 3 nitrogen and oxygen atoms in total. The number of fused-ring (bicyclic) bond motifs is 1. The van der Waals surface area contributed by atoms with Crippen LogP contribution in [0.2, 0.25) is 0 Å². The van der Waals surface area contributed by atoms with Crippen LogP contribution in [0.15, 0.2) is 30.3 Å². The third kappa shape index (κ3) is 1.59. The van der Waals surface area contributed by atoms with E-state index in [9.17, 15) is 0 Å². The van der Waals surface area contributed by atoms with Crippen molar-refractivity contribution >= 4 is 16.7 Å². The van der Waals surface area contributed by atoms with Crippen molar-refractivity contribution in [1.29, 1.82) is 0 Å². The van der Waals surface area contributed by atoms with Crippen molar-refractivity contribution in [3.05, 3.63) is 30.3 Å². The molecule has 2 aromatic rings. The third-order valence-electron chi connectivity index (χ3n) is 2.39. The van der Waals surface area contributed by atoms with Crippen LogP contribution in [-0.4, -0.2) is 25.1 Å². The largest absolute Gasteiger partial charge is 0.360 e. The second-order valence-corrected chi connectivity index (χ2v) is 3.45. The molecule has 1 aromatic carbocycles. The van der Waals surface area contributed by atoms with E-state index in [4.69, 9.17) is 5.73 Å². The highest BCUT2D eigenvalue weighted by Gasteiger charge is 2.03. The maximum Gasteiger partial charge on any atom is 0.106 e. The molecular weight excluding hydrogens is 174 g/mol. The topological polar surface area (TPSA) is 45.0 Å². The summed E-state index contributed by atoms with van der Waals surface area (Å²) in [4.78, 5) is 5.48. The fourth-order valence-electron chi connectivity index (χ4n) is 1.58. The van der Waals surface area contributed by atoms with Crippen molar-refractivity contribution < 1.29 is 0 Å². The van der Waals surface area contributed by atoms with E-state index in [1.54, 1.807) is 0 Å². The van der Waals surface area contributed by atoms with Gasteiger partial charge in [0.2, 0.25) is 0 Å². The molecule has 0 bridgehead atoms. The van der Waals surface area contributed by atoms with Gasteiger partial charge in [-0.25, -0.2) is 0 Å². The molecule has 0 fully saturated rings. The van der Waals surface area contributed by atoms with Gasteiger partial charge in [0.15, 0.2) is 0 Å². The highest BCUT2D eigenvalue weighted by molar-refractivity contribution is 5.83. The molecule has 1 aromatic heterocycles. The van der Waals surface area contributed by atoms with E-state index in [1.807, 2.05) is 19.2 Å². The van der Waals surface area contributed by atoms with E-state index in [0.29, 0.717) is 6.54 Å². The van der Waals surface area contributed by atoms with E-state index in [2.05, 4.69) is 28.1 Å². The summed E-state index contributed by atoms with van der Waals surface area (Å²) in [7, 11) is 2.04. The van der Waals surface area contributed by atoms with Crippen molar-refractivity contribution in [2.24, 2.45) is 5.73 Å². The first-order chi connectivity index (χ1) is 6.81. The number of H-pyrrole nitrogens is 1. The maximum atomic E-state index is 5.51. The van der Waals surface area contributed by atoms with Crippen LogP contribution < -0.4 is 10.6 Å². The molecule has 0 atom stereocenters. The Hall–Kier alpha value is -1.48. The molecule has 0 radical (unpaired) electrons. The summed E-state index contributed by atoms with van der Waals surface area (Å²) in [5.41, 5.74) is 6.68. The number of benzene rings is 1. The summed E-state index contributed by atoms with van der Waals surface area (Å²) >= 11 is 0. The van der Waals surface area contributed by atoms with Crippen molar-refractivity contribution in [3.8, 4) is 0 Å². The molecule has 0 saturated heterocycles. The zero-order valence-corrected chi connectivity index (χ0v) is 8.33. The van der Waals surface area contributed by atoms with Gasteiger partial charge in [0.05, 0.1) is 0 Å². The van der Waals surface area contributed by atoms with E-state index in [1.165, 1.54) is 10.9 Å². The van der Waals surface area contributed by atoms with Crippen LogP contribution in [0.3, 0.4) is 0 Å². The third-order valence-corrected chi connectivity index (χ3v) is 2.39. The van der Waals surface area contributed by atoms with Crippen LogP contribution >= 0.6 is 0 Å². The summed E-state index contributed by atoms with van der Waals surface area (Å²) in [5, 5.41) is 1.24. The Morgan fingerprint density at radius 3 is 2.86 bits per heavy atom. The summed E-state index contributed by atoms with van der Waals surface area (Å²) in [5.74, 6) is 1.12. The number of likely N-dealkylation sites (N-methyl/N-ethyl adjacent to an activating group) is 1. The van der Waals surface area contributed by atoms with Crippen molar-refractivity contribution in [2.45, 2.75) is 0 Å². The first-order valence-corrected chi connectivity index (χ1v) is 4.80. The van der Waals surface area contributed by atoms with Crippen LogP contribution in [0, 0.1) is 0 Å². The van der Waals surface area contributed by atoms with Gasteiger partial charge in [-0.15, -0.1) is 0 Å². The quantitative estimate of drug-likeness (QED) is 0.769. The number of anilines is 1. The van der Waals surface area contributed by atoms with Gasteiger partial charge < -0.3 is 15.6 Å². The molecule has 0 unspecified atom stereocenters. The number of aromatic amines is 1. The fraction of sp³-hybridized carbons (Fsp3) is 0.273. The average molecular weight is 189 g/mol. The summed E-state index contributed by atoms with van der Waals surface area (Å²) in [6, 6.07) is 10.4. The number of rotatable bonds is 3. The number of hydrogen-bond donors (Lipinski definition) is 2. The molecular formula is C11H15N3. The van der Waals surface area contributed by atoms with Gasteiger partial charge >= 0.3 is 0 Å². The second-order valence-electron chi connectivity index (χ2n) is 3.45. The normalized spacial score (nSPS) is 10.7. The zero-order valence-electron chi connectivity index (χ0n) is 8.33. The van der Waals surface area contributed by atoms with E-state index in [-0.39, 0.29) is 0 Å². The second kappa shape index (κ2) is 3.72. The van der Waals surface area contributed by atoms with Gasteiger partial charge in [-0.3, -0.25) is 0 Å². The van der Waals surface area contributed by atoms with Crippen molar-refractivity contribution in [2.75, 3.05) is 25.0 Å². The Bertz CT molecular complexity index is 386. The lowest BCUT2D eigenvalue weighted by molar-refractivity contribution is 0.874. The lowest BCUT2D eigenvalue weighted by atomic mass is 10.2. The van der Waals surface area contributed by atoms with Crippen LogP contribution in [0.25, 0.3) is 10.9 Å². The summed E-state index contributed by atoms with van der Waals surface area (Å²) in [6.07, 6.45) is 0. The number of aromatic nitrogens is 1. The predicted molar refractivity (Wildman–Crippen MR) is 60.6 cm³/mol. The molecule has 3 heteroatoms. The van der Waals surface area contributed by atoms with Gasteiger partial charge in [-0.1, -0.05) is 18.2 Å². The molecule has 0 aliphatic carbocycles. The molecule has 1 heterocycles. The first kappa shape index (κ1) is 9.09. The molecule has 0 aliphatic rings. The van der Waals surface area contributed by atoms with E-state index < -0.39 is 0 Å². The van der Waals surface area contributed by atoms with Gasteiger partial charge in [0, 0.05) is 31.0 Å². The smallest absolute Gasteiger partial charge is 0.106 e. The number of nitrogens with one attached hydrogen (secondary N) is 1. The molecule has 0 spiro atoms.